The normalized spacial score (nSPS) is 10.2. The highest BCUT2D eigenvalue weighted by molar-refractivity contribution is 6.05. The summed E-state index contributed by atoms with van der Waals surface area (Å²) in [6.07, 6.45) is 0.437. The van der Waals surface area contributed by atoms with Crippen LogP contribution in [0.2, 0.25) is 0 Å². The van der Waals surface area contributed by atoms with Gasteiger partial charge in [-0.25, -0.2) is 4.79 Å². The van der Waals surface area contributed by atoms with E-state index in [9.17, 15) is 19.2 Å². The van der Waals surface area contributed by atoms with E-state index in [0.29, 0.717) is 0 Å². The molecule has 0 radical (unpaired) electrons. The van der Waals surface area contributed by atoms with Crippen LogP contribution < -0.4 is 0 Å². The van der Waals surface area contributed by atoms with E-state index in [4.69, 9.17) is 10.00 Å². The van der Waals surface area contributed by atoms with Gasteiger partial charge in [-0.05, 0) is 20.3 Å². The molecule has 0 aliphatic rings. The number of hydrogen-bond donors (Lipinski definition) is 0. The topological polar surface area (TPSA) is 111 Å². The van der Waals surface area contributed by atoms with Crippen LogP contribution in [0, 0.1) is 16.7 Å². The Kier molecular flexibility index (Phi) is 8.38. The van der Waals surface area contributed by atoms with E-state index >= 15 is 0 Å². The third-order valence-corrected chi connectivity index (χ3v) is 3.24. The van der Waals surface area contributed by atoms with E-state index in [1.807, 2.05) is 0 Å². The molecule has 0 amide bonds. The molecule has 0 atom stereocenters. The van der Waals surface area contributed by atoms with Gasteiger partial charge in [0.1, 0.15) is 30.2 Å². The van der Waals surface area contributed by atoms with E-state index in [2.05, 4.69) is 11.3 Å². The highest BCUT2D eigenvalue weighted by atomic mass is 16.6. The summed E-state index contributed by atoms with van der Waals surface area (Å²) in [4.78, 5) is 45.7. The zero-order chi connectivity index (χ0) is 17.2. The standard InChI is InChI=1S/C15H19NO6/c1-4-13(19)21-9-10-22-14(20)5-6-15(7-8-16,11(2)17)12(3)18/h4H,1,5-7,9-10H2,2-3H3. The number of carbonyl (C=O) groups excluding carboxylic acids is 4. The fraction of sp³-hybridized carbons (Fsp3) is 0.533. The molecular weight excluding hydrogens is 290 g/mol. The average molecular weight is 309 g/mol. The molecule has 0 N–H and O–H groups in total. The van der Waals surface area contributed by atoms with Crippen LogP contribution in [-0.2, 0) is 28.7 Å². The van der Waals surface area contributed by atoms with Crippen molar-refractivity contribution in [3.63, 3.8) is 0 Å². The van der Waals surface area contributed by atoms with Crippen molar-refractivity contribution in [1.29, 1.82) is 5.26 Å². The van der Waals surface area contributed by atoms with Crippen molar-refractivity contribution in [2.75, 3.05) is 13.2 Å². The smallest absolute Gasteiger partial charge is 0.330 e. The SMILES string of the molecule is C=CC(=O)OCCOC(=O)CCC(CC#N)(C(C)=O)C(C)=O. The summed E-state index contributed by atoms with van der Waals surface area (Å²) in [5.74, 6) is -2.17. The quantitative estimate of drug-likeness (QED) is 0.257. The molecule has 0 aliphatic heterocycles. The number of hydrogen-bond acceptors (Lipinski definition) is 7. The highest BCUT2D eigenvalue weighted by Crippen LogP contribution is 2.30. The van der Waals surface area contributed by atoms with Gasteiger partial charge in [-0.1, -0.05) is 6.58 Å². The third-order valence-electron chi connectivity index (χ3n) is 3.24. The molecule has 0 fully saturated rings. The maximum atomic E-state index is 11.7. The molecule has 120 valence electrons. The highest BCUT2D eigenvalue weighted by Gasteiger charge is 2.40. The van der Waals surface area contributed by atoms with Crippen LogP contribution in [0.5, 0.6) is 0 Å². The Bertz CT molecular complexity index is 489. The van der Waals surface area contributed by atoms with Gasteiger partial charge in [0.15, 0.2) is 0 Å². The number of nitrogens with zero attached hydrogens (tertiary/aromatic N) is 1. The first-order chi connectivity index (χ1) is 10.3. The maximum Gasteiger partial charge on any atom is 0.330 e. The van der Waals surface area contributed by atoms with Gasteiger partial charge < -0.3 is 9.47 Å². The van der Waals surface area contributed by atoms with Crippen LogP contribution in [-0.4, -0.2) is 36.7 Å². The zero-order valence-electron chi connectivity index (χ0n) is 12.7. The van der Waals surface area contributed by atoms with Gasteiger partial charge in [-0.15, -0.1) is 0 Å². The van der Waals surface area contributed by atoms with E-state index in [1.165, 1.54) is 13.8 Å². The molecule has 0 aromatic heterocycles. The Morgan fingerprint density at radius 3 is 2.14 bits per heavy atom. The fourth-order valence-corrected chi connectivity index (χ4v) is 1.82. The van der Waals surface area contributed by atoms with Crippen molar-refractivity contribution in [3.05, 3.63) is 12.7 Å². The number of Topliss-reactive ketones (excluding diaryl/α,β-unsaturated/α-hetero) is 2. The van der Waals surface area contributed by atoms with Crippen LogP contribution in [0.3, 0.4) is 0 Å². The lowest BCUT2D eigenvalue weighted by Crippen LogP contribution is -2.37. The number of esters is 2. The van der Waals surface area contributed by atoms with E-state index < -0.39 is 28.9 Å². The molecule has 7 nitrogen and oxygen atoms in total. The molecule has 0 bridgehead atoms. The summed E-state index contributed by atoms with van der Waals surface area (Å²) in [7, 11) is 0. The first-order valence-corrected chi connectivity index (χ1v) is 6.64. The van der Waals surface area contributed by atoms with Crippen LogP contribution in [0.15, 0.2) is 12.7 Å². The summed E-state index contributed by atoms with van der Waals surface area (Å²) in [6, 6.07) is 1.81. The van der Waals surface area contributed by atoms with Crippen molar-refractivity contribution in [3.8, 4) is 6.07 Å². The van der Waals surface area contributed by atoms with Gasteiger partial charge in [-0.3, -0.25) is 14.4 Å². The molecule has 0 unspecified atom stereocenters. The first kappa shape index (κ1) is 19.5. The second-order valence-corrected chi connectivity index (χ2v) is 4.62. The van der Waals surface area contributed by atoms with Crippen molar-refractivity contribution in [2.45, 2.75) is 33.1 Å². The third kappa shape index (κ3) is 5.87. The maximum absolute atomic E-state index is 11.7. The Hall–Kier alpha value is -2.49. The number of ketones is 2. The van der Waals surface area contributed by atoms with E-state index in [-0.39, 0.29) is 32.5 Å². The van der Waals surface area contributed by atoms with E-state index in [0.717, 1.165) is 6.08 Å². The molecule has 7 heteroatoms. The molecule has 0 heterocycles. The van der Waals surface area contributed by atoms with Crippen molar-refractivity contribution in [1.82, 2.24) is 0 Å². The zero-order valence-corrected chi connectivity index (χ0v) is 12.7. The summed E-state index contributed by atoms with van der Waals surface area (Å²) >= 11 is 0. The lowest BCUT2D eigenvalue weighted by Gasteiger charge is -2.25. The predicted octanol–water partition coefficient (Wildman–Crippen LogP) is 1.12. The van der Waals surface area contributed by atoms with Crippen molar-refractivity contribution in [2.24, 2.45) is 5.41 Å². The van der Waals surface area contributed by atoms with Gasteiger partial charge in [0.05, 0.1) is 12.5 Å². The summed E-state index contributed by atoms with van der Waals surface area (Å²) in [6.45, 7) is 5.40. The molecule has 22 heavy (non-hydrogen) atoms. The summed E-state index contributed by atoms with van der Waals surface area (Å²) in [5, 5.41) is 8.79. The molecule has 0 spiro atoms. The van der Waals surface area contributed by atoms with Gasteiger partial charge >= 0.3 is 11.9 Å². The second kappa shape index (κ2) is 9.45. The molecule has 0 aromatic rings. The molecule has 0 saturated heterocycles. The minimum Gasteiger partial charge on any atom is -0.462 e. The van der Waals surface area contributed by atoms with Crippen molar-refractivity contribution < 1.29 is 28.7 Å². The molecule has 0 rings (SSSR count). The molecule has 0 saturated carbocycles. The van der Waals surface area contributed by atoms with Crippen LogP contribution in [0.4, 0.5) is 0 Å². The van der Waals surface area contributed by atoms with Gasteiger partial charge in [0.2, 0.25) is 0 Å². The largest absolute Gasteiger partial charge is 0.462 e. The lowest BCUT2D eigenvalue weighted by molar-refractivity contribution is -0.151. The summed E-state index contributed by atoms with van der Waals surface area (Å²) < 4.78 is 9.43. The van der Waals surface area contributed by atoms with Gasteiger partial charge in [0.25, 0.3) is 0 Å². The number of rotatable bonds is 10. The van der Waals surface area contributed by atoms with Gasteiger partial charge in [0, 0.05) is 12.5 Å². The van der Waals surface area contributed by atoms with Crippen molar-refractivity contribution >= 4 is 23.5 Å². The summed E-state index contributed by atoms with van der Waals surface area (Å²) in [5.41, 5.74) is -1.47. The molecule has 0 aliphatic carbocycles. The van der Waals surface area contributed by atoms with Crippen LogP contribution in [0.25, 0.3) is 0 Å². The minimum absolute atomic E-state index is 0.0868. The second-order valence-electron chi connectivity index (χ2n) is 4.62. The molecule has 0 aromatic carbocycles. The Morgan fingerprint density at radius 2 is 1.68 bits per heavy atom. The Balaban J connectivity index is 4.43. The minimum atomic E-state index is -1.47. The average Bonchev–Trinajstić information content (AvgIpc) is 2.46. The lowest BCUT2D eigenvalue weighted by atomic mass is 9.74. The number of carbonyl (C=O) groups is 4. The molecular formula is C15H19NO6. The van der Waals surface area contributed by atoms with Gasteiger partial charge in [-0.2, -0.15) is 5.26 Å². The Labute approximate surface area is 128 Å². The monoisotopic (exact) mass is 309 g/mol. The predicted molar refractivity (Wildman–Crippen MR) is 75.4 cm³/mol. The van der Waals surface area contributed by atoms with Crippen LogP contribution in [0.1, 0.15) is 33.1 Å². The number of nitriles is 1. The van der Waals surface area contributed by atoms with Crippen LogP contribution >= 0.6 is 0 Å². The first-order valence-electron chi connectivity index (χ1n) is 6.64. The van der Waals surface area contributed by atoms with E-state index in [1.54, 1.807) is 6.07 Å². The number of ether oxygens (including phenoxy) is 2. The Morgan fingerprint density at radius 1 is 1.14 bits per heavy atom. The fourth-order valence-electron chi connectivity index (χ4n) is 1.82.